The Balaban J connectivity index is 2.08. The summed E-state index contributed by atoms with van der Waals surface area (Å²) in [5, 5.41) is 2.98. The van der Waals surface area contributed by atoms with Crippen LogP contribution in [0.3, 0.4) is 0 Å². The molecule has 0 spiro atoms. The van der Waals surface area contributed by atoms with E-state index in [0.717, 1.165) is 12.8 Å². The Morgan fingerprint density at radius 3 is 2.47 bits per heavy atom. The lowest BCUT2D eigenvalue weighted by atomic mass is 9.79. The van der Waals surface area contributed by atoms with E-state index in [2.05, 4.69) is 5.32 Å². The van der Waals surface area contributed by atoms with Crippen molar-refractivity contribution in [2.45, 2.75) is 31.7 Å². The summed E-state index contributed by atoms with van der Waals surface area (Å²) in [5.41, 5.74) is 5.06. The summed E-state index contributed by atoms with van der Waals surface area (Å²) in [6, 6.07) is 0.353. The van der Waals surface area contributed by atoms with Gasteiger partial charge in [0.05, 0.1) is 4.99 Å². The Kier molecular flexibility index (Phi) is 2.93. The van der Waals surface area contributed by atoms with Gasteiger partial charge in [-0.25, -0.2) is 0 Å². The van der Waals surface area contributed by atoms with Crippen LogP contribution in [0.4, 0.5) is 0 Å². The molecule has 1 saturated heterocycles. The van der Waals surface area contributed by atoms with Crippen molar-refractivity contribution in [3.63, 3.8) is 0 Å². The summed E-state index contributed by atoms with van der Waals surface area (Å²) >= 11 is 5.04. The normalized spacial score (nSPS) is 24.5. The van der Waals surface area contributed by atoms with Gasteiger partial charge in [0, 0.05) is 19.3 Å². The third kappa shape index (κ3) is 2.13. The molecule has 4 nitrogen and oxygen atoms in total. The summed E-state index contributed by atoms with van der Waals surface area (Å²) < 4.78 is 5.25. The molecule has 1 amide bonds. The average Bonchev–Trinajstić information content (AvgIpc) is 3.02. The Morgan fingerprint density at radius 1 is 1.40 bits per heavy atom. The highest BCUT2D eigenvalue weighted by molar-refractivity contribution is 7.80. The highest BCUT2D eigenvalue weighted by Crippen LogP contribution is 2.32. The Labute approximate surface area is 94.5 Å². The molecule has 1 aliphatic carbocycles. The third-order valence-corrected chi connectivity index (χ3v) is 3.56. The zero-order valence-corrected chi connectivity index (χ0v) is 9.44. The molecule has 5 heteroatoms. The molecule has 0 aromatic heterocycles. The summed E-state index contributed by atoms with van der Waals surface area (Å²) in [5.74, 6) is 0.000741. The van der Waals surface area contributed by atoms with Crippen LogP contribution in [0.2, 0.25) is 0 Å². The maximum Gasteiger partial charge on any atom is 0.233 e. The topological polar surface area (TPSA) is 64.4 Å². The largest absolute Gasteiger partial charge is 0.392 e. The Bertz CT molecular complexity index is 283. The fourth-order valence-electron chi connectivity index (χ4n) is 1.86. The molecule has 0 aromatic carbocycles. The van der Waals surface area contributed by atoms with Crippen LogP contribution in [0.1, 0.15) is 25.7 Å². The lowest BCUT2D eigenvalue weighted by Gasteiger charge is -2.34. The number of amides is 1. The second kappa shape index (κ2) is 4.06. The summed E-state index contributed by atoms with van der Waals surface area (Å²) in [6.45, 7) is 1.13. The van der Waals surface area contributed by atoms with Crippen LogP contribution in [0.5, 0.6) is 0 Å². The molecule has 1 heterocycles. The lowest BCUT2D eigenvalue weighted by molar-refractivity contribution is -0.131. The minimum Gasteiger partial charge on any atom is -0.392 e. The zero-order chi connectivity index (χ0) is 10.9. The van der Waals surface area contributed by atoms with Crippen molar-refractivity contribution in [2.75, 3.05) is 13.2 Å². The predicted octanol–water partition coefficient (Wildman–Crippen LogP) is 0.348. The molecule has 1 aliphatic heterocycles. The van der Waals surface area contributed by atoms with Gasteiger partial charge in [-0.1, -0.05) is 12.2 Å². The number of carbonyl (C=O) groups is 1. The smallest absolute Gasteiger partial charge is 0.233 e. The van der Waals surface area contributed by atoms with E-state index in [1.807, 2.05) is 0 Å². The molecule has 84 valence electrons. The predicted molar refractivity (Wildman–Crippen MR) is 60.4 cm³/mol. The number of nitrogens with two attached hydrogens (primary N) is 1. The molecule has 0 aromatic rings. The molecule has 2 fully saturated rings. The molecule has 2 aliphatic rings. The standard InChI is InChI=1S/C10H16N2O2S/c11-8(15)10(3-5-14-6-4-10)9(13)12-7-1-2-7/h7H,1-6H2,(H2,11,15)(H,12,13). The number of hydrogen-bond acceptors (Lipinski definition) is 3. The maximum absolute atomic E-state index is 12.1. The summed E-state index contributed by atoms with van der Waals surface area (Å²) in [6.07, 6.45) is 3.38. The monoisotopic (exact) mass is 228 g/mol. The van der Waals surface area contributed by atoms with E-state index in [-0.39, 0.29) is 5.91 Å². The highest BCUT2D eigenvalue weighted by atomic mass is 32.1. The minimum atomic E-state index is -0.657. The second-order valence-corrected chi connectivity index (χ2v) is 4.75. The van der Waals surface area contributed by atoms with Crippen LogP contribution in [0, 0.1) is 5.41 Å². The van der Waals surface area contributed by atoms with Crippen LogP contribution in [-0.4, -0.2) is 30.2 Å². The quantitative estimate of drug-likeness (QED) is 0.684. The van der Waals surface area contributed by atoms with Gasteiger partial charge in [-0.2, -0.15) is 0 Å². The average molecular weight is 228 g/mol. The van der Waals surface area contributed by atoms with Gasteiger partial charge in [0.1, 0.15) is 5.41 Å². The van der Waals surface area contributed by atoms with Gasteiger partial charge < -0.3 is 15.8 Å². The SMILES string of the molecule is NC(=S)C1(C(=O)NC2CC2)CCOCC1. The fraction of sp³-hybridized carbons (Fsp3) is 0.800. The third-order valence-electron chi connectivity index (χ3n) is 3.17. The van der Waals surface area contributed by atoms with Crippen LogP contribution in [-0.2, 0) is 9.53 Å². The van der Waals surface area contributed by atoms with Gasteiger partial charge in [0.15, 0.2) is 0 Å². The molecule has 0 radical (unpaired) electrons. The van der Waals surface area contributed by atoms with Gasteiger partial charge in [-0.3, -0.25) is 4.79 Å². The number of rotatable bonds is 3. The maximum atomic E-state index is 12.1. The minimum absolute atomic E-state index is 0.000741. The van der Waals surface area contributed by atoms with E-state index in [0.29, 0.717) is 37.1 Å². The van der Waals surface area contributed by atoms with Gasteiger partial charge in [-0.15, -0.1) is 0 Å². The first-order valence-corrected chi connectivity index (χ1v) is 5.74. The number of thiocarbonyl (C=S) groups is 1. The number of nitrogens with one attached hydrogen (secondary N) is 1. The van der Waals surface area contributed by atoms with Gasteiger partial charge in [-0.05, 0) is 25.7 Å². The van der Waals surface area contributed by atoms with Crippen molar-refractivity contribution in [3.8, 4) is 0 Å². The molecule has 1 saturated carbocycles. The van der Waals surface area contributed by atoms with E-state index in [4.69, 9.17) is 22.7 Å². The first-order chi connectivity index (χ1) is 7.15. The van der Waals surface area contributed by atoms with E-state index in [9.17, 15) is 4.79 Å². The molecular weight excluding hydrogens is 212 g/mol. The fourth-order valence-corrected chi connectivity index (χ4v) is 2.15. The van der Waals surface area contributed by atoms with Crippen molar-refractivity contribution in [1.29, 1.82) is 0 Å². The number of hydrogen-bond donors (Lipinski definition) is 2. The Hall–Kier alpha value is -0.680. The van der Waals surface area contributed by atoms with Gasteiger partial charge in [0.2, 0.25) is 5.91 Å². The molecule has 0 unspecified atom stereocenters. The first kappa shape index (κ1) is 10.8. The van der Waals surface area contributed by atoms with Crippen molar-refractivity contribution in [3.05, 3.63) is 0 Å². The molecule has 3 N–H and O–H groups in total. The van der Waals surface area contributed by atoms with Crippen LogP contribution in [0.15, 0.2) is 0 Å². The van der Waals surface area contributed by atoms with E-state index < -0.39 is 5.41 Å². The number of ether oxygens (including phenoxy) is 1. The zero-order valence-electron chi connectivity index (χ0n) is 8.62. The van der Waals surface area contributed by atoms with E-state index in [1.165, 1.54) is 0 Å². The van der Waals surface area contributed by atoms with Crippen molar-refractivity contribution in [1.82, 2.24) is 5.32 Å². The van der Waals surface area contributed by atoms with E-state index >= 15 is 0 Å². The highest BCUT2D eigenvalue weighted by Gasteiger charge is 2.44. The first-order valence-electron chi connectivity index (χ1n) is 5.34. The van der Waals surface area contributed by atoms with Crippen molar-refractivity contribution < 1.29 is 9.53 Å². The molecule has 15 heavy (non-hydrogen) atoms. The van der Waals surface area contributed by atoms with Crippen LogP contribution in [0.25, 0.3) is 0 Å². The second-order valence-electron chi connectivity index (χ2n) is 4.31. The number of carbonyl (C=O) groups excluding carboxylic acids is 1. The van der Waals surface area contributed by atoms with Crippen LogP contribution < -0.4 is 11.1 Å². The van der Waals surface area contributed by atoms with Gasteiger partial charge >= 0.3 is 0 Å². The van der Waals surface area contributed by atoms with Crippen molar-refractivity contribution >= 4 is 23.1 Å². The lowest BCUT2D eigenvalue weighted by Crippen LogP contribution is -2.52. The molecular formula is C10H16N2O2S. The molecule has 0 bridgehead atoms. The molecule has 2 rings (SSSR count). The Morgan fingerprint density at radius 2 is 2.00 bits per heavy atom. The van der Waals surface area contributed by atoms with Crippen molar-refractivity contribution in [2.24, 2.45) is 11.1 Å². The van der Waals surface area contributed by atoms with Gasteiger partial charge in [0.25, 0.3) is 0 Å². The summed E-state index contributed by atoms with van der Waals surface area (Å²) in [4.78, 5) is 12.4. The van der Waals surface area contributed by atoms with Crippen LogP contribution >= 0.6 is 12.2 Å². The summed E-state index contributed by atoms with van der Waals surface area (Å²) in [7, 11) is 0. The van der Waals surface area contributed by atoms with E-state index in [1.54, 1.807) is 0 Å². The molecule has 0 atom stereocenters.